The average molecular weight is 319 g/mol. The summed E-state index contributed by atoms with van der Waals surface area (Å²) in [6.07, 6.45) is 9.89. The van der Waals surface area contributed by atoms with E-state index in [1.54, 1.807) is 6.20 Å². The lowest BCUT2D eigenvalue weighted by molar-refractivity contribution is 0.0590. The molecule has 1 aliphatic rings. The van der Waals surface area contributed by atoms with Crippen molar-refractivity contribution in [3.63, 3.8) is 0 Å². The number of nitrogens with one attached hydrogen (secondary N) is 1. The van der Waals surface area contributed by atoms with Gasteiger partial charge in [-0.05, 0) is 25.7 Å². The lowest BCUT2D eigenvalue weighted by Gasteiger charge is -2.35. The number of hydrogen-bond donors (Lipinski definition) is 1. The topological polar surface area (TPSA) is 63.1 Å². The molecule has 3 rings (SSSR count). The van der Waals surface area contributed by atoms with E-state index in [-0.39, 0.29) is 5.91 Å². The quantitative estimate of drug-likeness (QED) is 0.919. The largest absolute Gasteiger partial charge is 0.365 e. The lowest BCUT2D eigenvalue weighted by atomic mass is 9.99. The van der Waals surface area contributed by atoms with Crippen LogP contribution in [0.4, 0.5) is 5.13 Å². The normalized spacial score (nSPS) is 18.4. The Balaban J connectivity index is 1.67. The third-order valence-corrected chi connectivity index (χ3v) is 4.96. The van der Waals surface area contributed by atoms with Gasteiger partial charge in [0.05, 0.1) is 6.33 Å². The summed E-state index contributed by atoms with van der Waals surface area (Å²) in [5.41, 5.74) is 0.559. The minimum absolute atomic E-state index is 0.0630. The van der Waals surface area contributed by atoms with Crippen LogP contribution in [0.25, 0.3) is 0 Å². The van der Waals surface area contributed by atoms with Gasteiger partial charge in [0.25, 0.3) is 5.91 Å². The molecule has 6 nitrogen and oxygen atoms in total. The summed E-state index contributed by atoms with van der Waals surface area (Å²) in [5.74, 6) is 0.0630. The molecular weight excluding hydrogens is 298 g/mol. The van der Waals surface area contributed by atoms with Crippen molar-refractivity contribution >= 4 is 22.4 Å². The van der Waals surface area contributed by atoms with Crippen LogP contribution in [0.15, 0.2) is 24.1 Å². The Labute approximate surface area is 134 Å². The molecule has 1 aliphatic heterocycles. The fourth-order valence-electron chi connectivity index (χ4n) is 2.92. The Morgan fingerprint density at radius 2 is 2.41 bits per heavy atom. The van der Waals surface area contributed by atoms with E-state index < -0.39 is 0 Å². The molecule has 0 saturated carbocycles. The second kappa shape index (κ2) is 6.91. The minimum atomic E-state index is 0.0630. The first kappa shape index (κ1) is 15.0. The van der Waals surface area contributed by atoms with Gasteiger partial charge < -0.3 is 14.8 Å². The van der Waals surface area contributed by atoms with Gasteiger partial charge in [-0.1, -0.05) is 0 Å². The molecular formula is C15H21N5OS. The predicted octanol–water partition coefficient (Wildman–Crippen LogP) is 2.47. The molecule has 2 aromatic heterocycles. The molecule has 1 N–H and O–H groups in total. The molecule has 0 aromatic carbocycles. The van der Waals surface area contributed by atoms with Crippen LogP contribution in [0, 0.1) is 0 Å². The SMILES string of the molecule is CNc1nc(C(=O)N2CCCC[C@@H]2CCn2ccnc2)cs1. The zero-order chi connectivity index (χ0) is 15.4. The molecule has 118 valence electrons. The molecule has 3 heterocycles. The molecule has 22 heavy (non-hydrogen) atoms. The maximum Gasteiger partial charge on any atom is 0.273 e. The van der Waals surface area contributed by atoms with Gasteiger partial charge in [-0.25, -0.2) is 9.97 Å². The number of aromatic nitrogens is 3. The molecule has 1 atom stereocenters. The van der Waals surface area contributed by atoms with Crippen molar-refractivity contribution in [2.75, 3.05) is 18.9 Å². The molecule has 0 spiro atoms. The first-order valence-electron chi connectivity index (χ1n) is 7.68. The van der Waals surface area contributed by atoms with Crippen molar-refractivity contribution in [2.45, 2.75) is 38.3 Å². The van der Waals surface area contributed by atoms with Gasteiger partial charge >= 0.3 is 0 Å². The maximum absolute atomic E-state index is 12.7. The van der Waals surface area contributed by atoms with Crippen molar-refractivity contribution < 1.29 is 4.79 Å². The standard InChI is InChI=1S/C15H21N5OS/c1-16-15-18-13(10-22-15)14(21)20-7-3-2-4-12(20)5-8-19-9-6-17-11-19/h6,9-12H,2-5,7-8H2,1H3,(H,16,18)/t12-/m1/s1. The predicted molar refractivity (Wildman–Crippen MR) is 87.2 cm³/mol. The number of aryl methyl sites for hydroxylation is 1. The summed E-state index contributed by atoms with van der Waals surface area (Å²) < 4.78 is 2.07. The minimum Gasteiger partial charge on any atom is -0.365 e. The van der Waals surface area contributed by atoms with Gasteiger partial charge in [-0.3, -0.25) is 4.79 Å². The van der Waals surface area contributed by atoms with Gasteiger partial charge in [0.1, 0.15) is 5.69 Å². The molecule has 1 amide bonds. The third kappa shape index (κ3) is 3.30. The molecule has 0 unspecified atom stereocenters. The molecule has 0 bridgehead atoms. The van der Waals surface area contributed by atoms with Crippen molar-refractivity contribution in [3.8, 4) is 0 Å². The van der Waals surface area contributed by atoms with E-state index in [2.05, 4.69) is 19.9 Å². The first-order valence-corrected chi connectivity index (χ1v) is 8.56. The van der Waals surface area contributed by atoms with Crippen LogP contribution in [0.3, 0.4) is 0 Å². The van der Waals surface area contributed by atoms with Gasteiger partial charge in [0.15, 0.2) is 5.13 Å². The summed E-state index contributed by atoms with van der Waals surface area (Å²) in [5, 5.41) is 5.62. The van der Waals surface area contributed by atoms with Crippen LogP contribution in [-0.4, -0.2) is 45.0 Å². The van der Waals surface area contributed by atoms with E-state index in [4.69, 9.17) is 0 Å². The second-order valence-electron chi connectivity index (χ2n) is 5.53. The number of rotatable bonds is 5. The second-order valence-corrected chi connectivity index (χ2v) is 6.38. The maximum atomic E-state index is 12.7. The van der Waals surface area contributed by atoms with Crippen LogP contribution in [0.2, 0.25) is 0 Å². The van der Waals surface area contributed by atoms with E-state index in [1.165, 1.54) is 17.8 Å². The lowest BCUT2D eigenvalue weighted by Crippen LogP contribution is -2.44. The number of amides is 1. The Bertz CT molecular complexity index is 609. The number of hydrogen-bond acceptors (Lipinski definition) is 5. The van der Waals surface area contributed by atoms with Crippen molar-refractivity contribution in [1.82, 2.24) is 19.4 Å². The van der Waals surface area contributed by atoms with Crippen molar-refractivity contribution in [3.05, 3.63) is 29.8 Å². The number of imidazole rings is 1. The van der Waals surface area contributed by atoms with E-state index >= 15 is 0 Å². The zero-order valence-corrected chi connectivity index (χ0v) is 13.6. The average Bonchev–Trinajstić information content (AvgIpc) is 3.24. The molecule has 1 fully saturated rings. The number of carbonyl (C=O) groups is 1. The Kier molecular flexibility index (Phi) is 4.72. The van der Waals surface area contributed by atoms with Gasteiger partial charge in [-0.2, -0.15) is 0 Å². The Hall–Kier alpha value is -1.89. The summed E-state index contributed by atoms with van der Waals surface area (Å²) in [6, 6.07) is 0.295. The van der Waals surface area contributed by atoms with Crippen LogP contribution in [-0.2, 0) is 6.54 Å². The van der Waals surface area contributed by atoms with Gasteiger partial charge in [-0.15, -0.1) is 11.3 Å². The van der Waals surface area contributed by atoms with Crippen LogP contribution < -0.4 is 5.32 Å². The Morgan fingerprint density at radius 1 is 1.50 bits per heavy atom. The van der Waals surface area contributed by atoms with Crippen LogP contribution in [0.5, 0.6) is 0 Å². The van der Waals surface area contributed by atoms with Crippen molar-refractivity contribution in [2.24, 2.45) is 0 Å². The van der Waals surface area contributed by atoms with E-state index in [0.29, 0.717) is 11.7 Å². The Morgan fingerprint density at radius 3 is 3.14 bits per heavy atom. The smallest absolute Gasteiger partial charge is 0.273 e. The fraction of sp³-hybridized carbons (Fsp3) is 0.533. The van der Waals surface area contributed by atoms with E-state index in [0.717, 1.165) is 37.5 Å². The number of carbonyl (C=O) groups excluding carboxylic acids is 1. The highest BCUT2D eigenvalue weighted by atomic mass is 32.1. The number of anilines is 1. The highest BCUT2D eigenvalue weighted by Gasteiger charge is 2.28. The summed E-state index contributed by atoms with van der Waals surface area (Å²) in [7, 11) is 1.82. The molecule has 0 radical (unpaired) electrons. The summed E-state index contributed by atoms with van der Waals surface area (Å²) in [4.78, 5) is 23.1. The molecule has 7 heteroatoms. The fourth-order valence-corrected chi connectivity index (χ4v) is 3.56. The summed E-state index contributed by atoms with van der Waals surface area (Å²) in [6.45, 7) is 1.73. The molecule has 1 saturated heterocycles. The van der Waals surface area contributed by atoms with E-state index in [1.807, 2.05) is 29.9 Å². The molecule has 2 aromatic rings. The highest BCUT2D eigenvalue weighted by Crippen LogP contribution is 2.24. The molecule has 0 aliphatic carbocycles. The van der Waals surface area contributed by atoms with E-state index in [9.17, 15) is 4.79 Å². The first-order chi connectivity index (χ1) is 10.8. The van der Waals surface area contributed by atoms with Gasteiger partial charge in [0, 0.05) is 44.0 Å². The number of likely N-dealkylation sites (tertiary alicyclic amines) is 1. The number of nitrogens with zero attached hydrogens (tertiary/aromatic N) is 4. The highest BCUT2D eigenvalue weighted by molar-refractivity contribution is 7.13. The number of piperidine rings is 1. The third-order valence-electron chi connectivity index (χ3n) is 4.10. The monoisotopic (exact) mass is 319 g/mol. The van der Waals surface area contributed by atoms with Crippen LogP contribution >= 0.6 is 11.3 Å². The van der Waals surface area contributed by atoms with Crippen molar-refractivity contribution in [1.29, 1.82) is 0 Å². The van der Waals surface area contributed by atoms with Gasteiger partial charge in [0.2, 0.25) is 0 Å². The van der Waals surface area contributed by atoms with Crippen LogP contribution in [0.1, 0.15) is 36.2 Å². The zero-order valence-electron chi connectivity index (χ0n) is 12.7. The summed E-state index contributed by atoms with van der Waals surface area (Å²) >= 11 is 1.47. The number of thiazole rings is 1.